The second-order valence-corrected chi connectivity index (χ2v) is 4.62. The molecule has 1 fully saturated rings. The van der Waals surface area contributed by atoms with Gasteiger partial charge in [0.05, 0.1) is 11.9 Å². The molecule has 2 unspecified atom stereocenters. The third-order valence-corrected chi connectivity index (χ3v) is 3.52. The van der Waals surface area contributed by atoms with Gasteiger partial charge in [-0.3, -0.25) is 4.98 Å². The van der Waals surface area contributed by atoms with Crippen molar-refractivity contribution in [2.75, 3.05) is 5.32 Å². The molecule has 2 atom stereocenters. The van der Waals surface area contributed by atoms with E-state index in [1.807, 2.05) is 12.4 Å². The van der Waals surface area contributed by atoms with Crippen molar-refractivity contribution in [1.29, 1.82) is 0 Å². The lowest BCUT2D eigenvalue weighted by atomic mass is 10.1. The minimum Gasteiger partial charge on any atom is -0.381 e. The first-order valence-electron chi connectivity index (χ1n) is 5.96. The highest BCUT2D eigenvalue weighted by molar-refractivity contribution is 5.48. The molecule has 0 radical (unpaired) electrons. The maximum absolute atomic E-state index is 4.16. The van der Waals surface area contributed by atoms with E-state index in [9.17, 15) is 0 Å². The van der Waals surface area contributed by atoms with E-state index in [4.69, 9.17) is 0 Å². The Hall–Kier alpha value is -1.05. The molecule has 0 amide bonds. The van der Waals surface area contributed by atoms with Gasteiger partial charge in [-0.15, -0.1) is 0 Å². The van der Waals surface area contributed by atoms with E-state index in [0.29, 0.717) is 6.04 Å². The summed E-state index contributed by atoms with van der Waals surface area (Å²) in [6.45, 7) is 4.43. The monoisotopic (exact) mass is 204 g/mol. The predicted octanol–water partition coefficient (Wildman–Crippen LogP) is 3.38. The molecule has 1 aliphatic rings. The number of pyridine rings is 1. The molecular weight excluding hydrogens is 184 g/mol. The molecule has 0 bridgehead atoms. The third kappa shape index (κ3) is 2.49. The van der Waals surface area contributed by atoms with Gasteiger partial charge < -0.3 is 5.32 Å². The van der Waals surface area contributed by atoms with Crippen molar-refractivity contribution in [2.24, 2.45) is 5.92 Å². The van der Waals surface area contributed by atoms with Crippen LogP contribution in [0, 0.1) is 12.8 Å². The summed E-state index contributed by atoms with van der Waals surface area (Å²) in [6.07, 6.45) is 9.13. The Labute approximate surface area is 92.1 Å². The molecule has 82 valence electrons. The number of hydrogen-bond donors (Lipinski definition) is 1. The molecule has 1 aromatic rings. The summed E-state index contributed by atoms with van der Waals surface area (Å²) in [7, 11) is 0. The van der Waals surface area contributed by atoms with Gasteiger partial charge in [0.1, 0.15) is 0 Å². The number of aromatic nitrogens is 1. The Morgan fingerprint density at radius 1 is 1.47 bits per heavy atom. The molecule has 1 saturated carbocycles. The summed E-state index contributed by atoms with van der Waals surface area (Å²) in [4.78, 5) is 4.16. The summed E-state index contributed by atoms with van der Waals surface area (Å²) in [5.74, 6) is 0.930. The molecule has 0 saturated heterocycles. The fourth-order valence-electron chi connectivity index (χ4n) is 2.41. The van der Waals surface area contributed by atoms with E-state index in [1.54, 1.807) is 0 Å². The predicted molar refractivity (Wildman–Crippen MR) is 64.0 cm³/mol. The minimum absolute atomic E-state index is 0.665. The quantitative estimate of drug-likeness (QED) is 0.816. The first-order valence-corrected chi connectivity index (χ1v) is 5.96. The molecule has 15 heavy (non-hydrogen) atoms. The summed E-state index contributed by atoms with van der Waals surface area (Å²) in [5, 5.41) is 3.61. The largest absolute Gasteiger partial charge is 0.381 e. The molecule has 0 spiro atoms. The summed E-state index contributed by atoms with van der Waals surface area (Å²) >= 11 is 0. The molecule has 0 aliphatic heterocycles. The second kappa shape index (κ2) is 4.65. The van der Waals surface area contributed by atoms with Gasteiger partial charge in [-0.2, -0.15) is 0 Å². The molecule has 1 heterocycles. The second-order valence-electron chi connectivity index (χ2n) is 4.62. The fraction of sp³-hybridized carbons (Fsp3) is 0.615. The zero-order valence-corrected chi connectivity index (χ0v) is 9.66. The lowest BCUT2D eigenvalue weighted by molar-refractivity contribution is 0.525. The Kier molecular flexibility index (Phi) is 3.24. The summed E-state index contributed by atoms with van der Waals surface area (Å²) < 4.78 is 0. The van der Waals surface area contributed by atoms with Crippen LogP contribution in [0.3, 0.4) is 0 Å². The minimum atomic E-state index is 0.665. The van der Waals surface area contributed by atoms with E-state index >= 15 is 0 Å². The van der Waals surface area contributed by atoms with Crippen LogP contribution in [0.4, 0.5) is 5.69 Å². The van der Waals surface area contributed by atoms with Crippen molar-refractivity contribution in [3.05, 3.63) is 24.0 Å². The maximum atomic E-state index is 4.16. The molecule has 1 N–H and O–H groups in total. The highest BCUT2D eigenvalue weighted by Crippen LogP contribution is 2.30. The fourth-order valence-corrected chi connectivity index (χ4v) is 2.41. The van der Waals surface area contributed by atoms with Crippen molar-refractivity contribution in [3.8, 4) is 0 Å². The molecule has 1 aromatic heterocycles. The smallest absolute Gasteiger partial charge is 0.0558 e. The lowest BCUT2D eigenvalue weighted by Gasteiger charge is -2.15. The van der Waals surface area contributed by atoms with Crippen LogP contribution in [0.25, 0.3) is 0 Å². The van der Waals surface area contributed by atoms with Crippen molar-refractivity contribution in [1.82, 2.24) is 4.98 Å². The Morgan fingerprint density at radius 2 is 2.33 bits per heavy atom. The molecular formula is C13H20N2. The maximum Gasteiger partial charge on any atom is 0.0558 e. The highest BCUT2D eigenvalue weighted by atomic mass is 14.9. The zero-order valence-electron chi connectivity index (χ0n) is 9.66. The van der Waals surface area contributed by atoms with Gasteiger partial charge in [0.15, 0.2) is 0 Å². The van der Waals surface area contributed by atoms with Crippen LogP contribution in [0.1, 0.15) is 38.2 Å². The van der Waals surface area contributed by atoms with E-state index < -0.39 is 0 Å². The molecule has 1 aliphatic carbocycles. The Bertz CT molecular complexity index is 322. The van der Waals surface area contributed by atoms with Crippen LogP contribution >= 0.6 is 0 Å². The molecule has 2 heteroatoms. The Morgan fingerprint density at radius 3 is 3.00 bits per heavy atom. The normalized spacial score (nSPS) is 25.5. The summed E-state index contributed by atoms with van der Waals surface area (Å²) in [6, 6.07) is 2.73. The summed E-state index contributed by atoms with van der Waals surface area (Å²) in [5.41, 5.74) is 2.50. The first-order chi connectivity index (χ1) is 7.29. The molecule has 0 aromatic carbocycles. The van der Waals surface area contributed by atoms with Crippen LogP contribution in [0.5, 0.6) is 0 Å². The van der Waals surface area contributed by atoms with Gasteiger partial charge in [-0.05, 0) is 43.7 Å². The highest BCUT2D eigenvalue weighted by Gasteiger charge is 2.23. The number of hydrogen-bond acceptors (Lipinski definition) is 2. The number of aryl methyl sites for hydroxylation is 1. The Balaban J connectivity index is 1.96. The van der Waals surface area contributed by atoms with Crippen LogP contribution in [-0.2, 0) is 0 Å². The lowest BCUT2D eigenvalue weighted by Crippen LogP contribution is -2.16. The number of rotatable bonds is 3. The third-order valence-electron chi connectivity index (χ3n) is 3.52. The standard InChI is InChI=1S/C13H20N2/c1-3-11-4-5-12(8-11)15-13-9-14-7-6-10(13)2/h6-7,9,11-12,15H,3-5,8H2,1-2H3. The van der Waals surface area contributed by atoms with E-state index in [0.717, 1.165) is 5.92 Å². The van der Waals surface area contributed by atoms with Crippen molar-refractivity contribution in [3.63, 3.8) is 0 Å². The van der Waals surface area contributed by atoms with Gasteiger partial charge in [-0.1, -0.05) is 13.3 Å². The van der Waals surface area contributed by atoms with Gasteiger partial charge in [-0.25, -0.2) is 0 Å². The number of nitrogens with one attached hydrogen (secondary N) is 1. The number of nitrogens with zero attached hydrogens (tertiary/aromatic N) is 1. The van der Waals surface area contributed by atoms with Gasteiger partial charge in [0.2, 0.25) is 0 Å². The van der Waals surface area contributed by atoms with Crippen molar-refractivity contribution in [2.45, 2.75) is 45.6 Å². The topological polar surface area (TPSA) is 24.9 Å². The van der Waals surface area contributed by atoms with E-state index in [1.165, 1.54) is 36.9 Å². The number of anilines is 1. The first kappa shape index (κ1) is 10.5. The van der Waals surface area contributed by atoms with Crippen LogP contribution in [-0.4, -0.2) is 11.0 Å². The van der Waals surface area contributed by atoms with Gasteiger partial charge in [0, 0.05) is 12.2 Å². The SMILES string of the molecule is CCC1CCC(Nc2cnccc2C)C1. The van der Waals surface area contributed by atoms with Crippen molar-refractivity contribution >= 4 is 5.69 Å². The van der Waals surface area contributed by atoms with Crippen LogP contribution < -0.4 is 5.32 Å². The van der Waals surface area contributed by atoms with Crippen LogP contribution in [0.15, 0.2) is 18.5 Å². The van der Waals surface area contributed by atoms with Gasteiger partial charge in [0.25, 0.3) is 0 Å². The van der Waals surface area contributed by atoms with E-state index in [2.05, 4.69) is 30.2 Å². The molecule has 2 rings (SSSR count). The average molecular weight is 204 g/mol. The zero-order chi connectivity index (χ0) is 10.7. The van der Waals surface area contributed by atoms with Crippen LogP contribution in [0.2, 0.25) is 0 Å². The average Bonchev–Trinajstić information content (AvgIpc) is 2.69. The van der Waals surface area contributed by atoms with Crippen molar-refractivity contribution < 1.29 is 0 Å². The molecule has 2 nitrogen and oxygen atoms in total. The van der Waals surface area contributed by atoms with E-state index in [-0.39, 0.29) is 0 Å². The van der Waals surface area contributed by atoms with Gasteiger partial charge >= 0.3 is 0 Å².